The van der Waals surface area contributed by atoms with Crippen molar-refractivity contribution in [1.82, 2.24) is 25.5 Å². The van der Waals surface area contributed by atoms with Gasteiger partial charge in [-0.05, 0) is 31.0 Å². The average molecular weight is 479 g/mol. The molecule has 2 aromatic heterocycles. The Bertz CT molecular complexity index is 1380. The second-order valence-electron chi connectivity index (χ2n) is 8.26. The predicted octanol–water partition coefficient (Wildman–Crippen LogP) is 2.51. The lowest BCUT2D eigenvalue weighted by Crippen LogP contribution is -2.26. The van der Waals surface area contributed by atoms with Crippen LogP contribution in [-0.4, -0.2) is 59.3 Å². The van der Waals surface area contributed by atoms with Gasteiger partial charge in [-0.1, -0.05) is 6.07 Å². The second kappa shape index (κ2) is 9.63. The van der Waals surface area contributed by atoms with Crippen molar-refractivity contribution in [3.8, 4) is 17.1 Å². The number of rotatable bonds is 8. The van der Waals surface area contributed by atoms with Gasteiger partial charge in [0, 0.05) is 35.2 Å². The first kappa shape index (κ1) is 19.2. The van der Waals surface area contributed by atoms with E-state index in [0.29, 0.717) is 36.0 Å². The molecule has 1 saturated heterocycles. The fourth-order valence-electron chi connectivity index (χ4n) is 3.66. The molecule has 3 N–H and O–H groups in total. The molecule has 0 atom stereocenters. The number of nitrogens with one attached hydrogen (secondary N) is 3. The lowest BCUT2D eigenvalue weighted by atomic mass is 10.0. The van der Waals surface area contributed by atoms with E-state index in [1.807, 2.05) is 11.4 Å². The lowest BCUT2D eigenvalue weighted by Gasteiger charge is -2.25. The molecule has 35 heavy (non-hydrogen) atoms. The van der Waals surface area contributed by atoms with Crippen LogP contribution in [0, 0.1) is 5.92 Å². The molecule has 2 aliphatic rings. The highest BCUT2D eigenvalue weighted by molar-refractivity contribution is 6.00. The molecule has 0 unspecified atom stereocenters. The van der Waals surface area contributed by atoms with Gasteiger partial charge in [-0.2, -0.15) is 0 Å². The molecule has 5 rings (SSSR count). The molecule has 2 amide bonds. The minimum absolute atomic E-state index is 0.0780. The lowest BCUT2D eigenvalue weighted by molar-refractivity contribution is -0.117. The molecule has 11 nitrogen and oxygen atoms in total. The fraction of sp³-hybridized carbons (Fsp3) is 0.333. The van der Waals surface area contributed by atoms with Gasteiger partial charge in [-0.3, -0.25) is 9.59 Å². The zero-order valence-electron chi connectivity index (χ0n) is 21.9. The summed E-state index contributed by atoms with van der Waals surface area (Å²) in [4.78, 5) is 34.1. The van der Waals surface area contributed by atoms with Crippen LogP contribution in [0.4, 0.5) is 17.2 Å². The molecule has 3 heterocycles. The molecule has 0 bridgehead atoms. The summed E-state index contributed by atoms with van der Waals surface area (Å²) in [5.41, 5.74) is 1.73. The number of hydrogen-bond acceptors (Lipinski definition) is 9. The van der Waals surface area contributed by atoms with Crippen molar-refractivity contribution in [3.63, 3.8) is 0 Å². The van der Waals surface area contributed by atoms with Gasteiger partial charge in [0.1, 0.15) is 0 Å². The molecule has 1 aromatic carbocycles. The number of amides is 2. The number of hydrogen-bond donors (Lipinski definition) is 3. The van der Waals surface area contributed by atoms with Gasteiger partial charge in [0.15, 0.2) is 23.1 Å². The van der Waals surface area contributed by atoms with Crippen molar-refractivity contribution in [2.45, 2.75) is 18.8 Å². The molecule has 1 aliphatic heterocycles. The summed E-state index contributed by atoms with van der Waals surface area (Å²) in [5, 5.41) is 15.5. The van der Waals surface area contributed by atoms with Crippen LogP contribution in [-0.2, 0) is 9.53 Å². The first-order valence-corrected chi connectivity index (χ1v) is 11.1. The monoisotopic (exact) mass is 478 g/mol. The van der Waals surface area contributed by atoms with Crippen LogP contribution in [0.25, 0.3) is 11.4 Å². The van der Waals surface area contributed by atoms with Crippen LogP contribution in [0.2, 0.25) is 0 Å². The highest BCUT2D eigenvalue weighted by atomic mass is 16.5. The largest absolute Gasteiger partial charge is 0.494 e. The minimum atomic E-state index is -2.74. The normalized spacial score (nSPS) is 16.8. The van der Waals surface area contributed by atoms with Gasteiger partial charge in [0.2, 0.25) is 5.91 Å². The number of methoxy groups -OCH3 is 1. The van der Waals surface area contributed by atoms with Crippen molar-refractivity contribution >= 4 is 29.0 Å². The van der Waals surface area contributed by atoms with Crippen LogP contribution in [0.15, 0.2) is 36.5 Å². The molecule has 1 saturated carbocycles. The zero-order valence-corrected chi connectivity index (χ0v) is 18.9. The van der Waals surface area contributed by atoms with E-state index in [-0.39, 0.29) is 34.9 Å². The Morgan fingerprint density at radius 2 is 2.03 bits per heavy atom. The van der Waals surface area contributed by atoms with E-state index in [9.17, 15) is 9.59 Å². The summed E-state index contributed by atoms with van der Waals surface area (Å²) in [6.45, 7) is -1.53. The quantitative estimate of drug-likeness (QED) is 0.445. The topological polar surface area (TPSA) is 140 Å². The number of anilines is 3. The Labute approximate surface area is 205 Å². The van der Waals surface area contributed by atoms with Crippen molar-refractivity contribution in [2.75, 3.05) is 37.9 Å². The number of nitrogens with zero attached hydrogens (tertiary/aromatic N) is 4. The Balaban J connectivity index is 1.50. The SMILES string of the molecule is [2H]C([2H])([2H])NC(=O)c1nnc(NC(=O)C2CC2)cc1Nc1cccc(-c2nccc(C3COC3)n2)c1OC. The van der Waals surface area contributed by atoms with E-state index in [2.05, 4.69) is 30.8 Å². The van der Waals surface area contributed by atoms with Gasteiger partial charge < -0.3 is 25.4 Å². The number of carbonyl (C=O) groups excluding carboxylic acids is 2. The molecule has 2 fully saturated rings. The third kappa shape index (κ3) is 4.76. The summed E-state index contributed by atoms with van der Waals surface area (Å²) in [5.74, 6) is -0.0880. The van der Waals surface area contributed by atoms with E-state index >= 15 is 0 Å². The first-order chi connectivity index (χ1) is 18.2. The van der Waals surface area contributed by atoms with Crippen LogP contribution in [0.1, 0.15) is 39.1 Å². The minimum Gasteiger partial charge on any atom is -0.494 e. The maximum atomic E-state index is 12.7. The van der Waals surface area contributed by atoms with Crippen LogP contribution in [0.5, 0.6) is 5.75 Å². The summed E-state index contributed by atoms with van der Waals surface area (Å²) >= 11 is 0. The van der Waals surface area contributed by atoms with Gasteiger partial charge in [-0.25, -0.2) is 9.97 Å². The maximum Gasteiger partial charge on any atom is 0.273 e. The summed E-state index contributed by atoms with van der Waals surface area (Å²) in [7, 11) is 1.49. The highest BCUT2D eigenvalue weighted by Crippen LogP contribution is 2.38. The van der Waals surface area contributed by atoms with Crippen LogP contribution in [0.3, 0.4) is 0 Å². The first-order valence-electron chi connectivity index (χ1n) is 12.6. The van der Waals surface area contributed by atoms with Crippen LogP contribution >= 0.6 is 0 Å². The van der Waals surface area contributed by atoms with Crippen molar-refractivity contribution in [3.05, 3.63) is 47.9 Å². The van der Waals surface area contributed by atoms with E-state index in [1.54, 1.807) is 24.4 Å². The Hall–Kier alpha value is -4.12. The number of para-hydroxylation sites is 1. The van der Waals surface area contributed by atoms with E-state index < -0.39 is 12.9 Å². The van der Waals surface area contributed by atoms with E-state index in [0.717, 1.165) is 18.5 Å². The molecule has 180 valence electrons. The molecule has 3 aromatic rings. The number of aromatic nitrogens is 4. The highest BCUT2D eigenvalue weighted by Gasteiger charge is 2.30. The molecule has 0 spiro atoms. The van der Waals surface area contributed by atoms with Gasteiger partial charge >= 0.3 is 0 Å². The van der Waals surface area contributed by atoms with Crippen LogP contribution < -0.4 is 20.7 Å². The Morgan fingerprint density at radius 1 is 1.17 bits per heavy atom. The van der Waals surface area contributed by atoms with Crippen molar-refractivity contribution < 1.29 is 23.2 Å². The Kier molecular flexibility index (Phi) is 5.28. The summed E-state index contributed by atoms with van der Waals surface area (Å²) in [6.07, 6.45) is 3.27. The predicted molar refractivity (Wildman–Crippen MR) is 128 cm³/mol. The second-order valence-corrected chi connectivity index (χ2v) is 8.26. The summed E-state index contributed by atoms with van der Waals surface area (Å²) in [6, 6.07) is 8.53. The number of benzene rings is 1. The fourth-order valence-corrected chi connectivity index (χ4v) is 3.66. The molecule has 1 aliphatic carbocycles. The molecule has 11 heteroatoms. The molecular formula is C24H25N7O4. The molecular weight excluding hydrogens is 450 g/mol. The number of carbonyl (C=O) groups is 2. The zero-order chi connectivity index (χ0) is 26.9. The van der Waals surface area contributed by atoms with Crippen molar-refractivity contribution in [1.29, 1.82) is 0 Å². The van der Waals surface area contributed by atoms with Gasteiger partial charge in [0.25, 0.3) is 5.91 Å². The van der Waals surface area contributed by atoms with E-state index in [4.69, 9.17) is 13.6 Å². The van der Waals surface area contributed by atoms with Gasteiger partial charge in [0.05, 0.1) is 43.0 Å². The Morgan fingerprint density at radius 3 is 2.74 bits per heavy atom. The maximum absolute atomic E-state index is 12.7. The standard InChI is InChI=1S/C24H25N7O4/c1-25-24(33)20-18(10-19(30-31-20)29-23(32)13-6-7-13)27-17-5-3-4-15(21(17)34-2)22-26-9-8-16(28-22)14-11-35-12-14/h3-5,8-10,13-14H,6-7,11-12H2,1-2H3,(H,25,33)(H2,27,29,30,32)/i1D3. The average Bonchev–Trinajstić information content (AvgIpc) is 3.68. The number of ether oxygens (including phenoxy) is 2. The van der Waals surface area contributed by atoms with Gasteiger partial charge in [-0.15, -0.1) is 10.2 Å². The molecule has 0 radical (unpaired) electrons. The van der Waals surface area contributed by atoms with Crippen molar-refractivity contribution in [2.24, 2.45) is 5.92 Å². The van der Waals surface area contributed by atoms with E-state index in [1.165, 1.54) is 13.2 Å². The summed E-state index contributed by atoms with van der Waals surface area (Å²) < 4.78 is 33.1. The third-order valence-corrected chi connectivity index (χ3v) is 5.78. The smallest absolute Gasteiger partial charge is 0.273 e. The third-order valence-electron chi connectivity index (χ3n) is 5.78.